The molecule has 5 rings (SSSR count). The normalized spacial score (nSPS) is 13.6. The Morgan fingerprint density at radius 3 is 2.17 bits per heavy atom. The van der Waals surface area contributed by atoms with Crippen molar-refractivity contribution in [1.29, 1.82) is 0 Å². The number of carbonyl (C=O) groups is 1. The first-order valence-electron chi connectivity index (χ1n) is 11.4. The van der Waals surface area contributed by atoms with E-state index in [2.05, 4.69) is 25.0 Å². The molecule has 1 fully saturated rings. The Morgan fingerprint density at radius 1 is 0.889 bits per heavy atom. The van der Waals surface area contributed by atoms with Gasteiger partial charge in [0.15, 0.2) is 11.6 Å². The van der Waals surface area contributed by atoms with Gasteiger partial charge in [0.25, 0.3) is 0 Å². The van der Waals surface area contributed by atoms with Crippen LogP contribution in [0.4, 0.5) is 14.6 Å². The van der Waals surface area contributed by atoms with Crippen molar-refractivity contribution in [3.63, 3.8) is 0 Å². The Bertz CT molecular complexity index is 1350. The SMILES string of the molecule is COc1nccc(N2CCN(C(=O)Cn3nc(-c4ccc(F)cc4)nc3-c3ccc(F)cc3)CC2)n1. The minimum absolute atomic E-state index is 0.0395. The van der Waals surface area contributed by atoms with Crippen molar-refractivity contribution >= 4 is 11.7 Å². The smallest absolute Gasteiger partial charge is 0.318 e. The lowest BCUT2D eigenvalue weighted by atomic mass is 10.2. The number of aromatic nitrogens is 5. The molecule has 36 heavy (non-hydrogen) atoms. The second-order valence-corrected chi connectivity index (χ2v) is 8.20. The van der Waals surface area contributed by atoms with Crippen molar-refractivity contribution in [2.45, 2.75) is 6.54 Å². The number of carbonyl (C=O) groups excluding carboxylic acids is 1. The Morgan fingerprint density at radius 2 is 1.53 bits per heavy atom. The van der Waals surface area contributed by atoms with E-state index >= 15 is 0 Å². The van der Waals surface area contributed by atoms with Crippen LogP contribution in [0.3, 0.4) is 0 Å². The van der Waals surface area contributed by atoms with E-state index in [-0.39, 0.29) is 24.1 Å². The van der Waals surface area contributed by atoms with E-state index in [0.29, 0.717) is 55.0 Å². The van der Waals surface area contributed by atoms with Crippen molar-refractivity contribution in [2.75, 3.05) is 38.2 Å². The van der Waals surface area contributed by atoms with Crippen molar-refractivity contribution in [2.24, 2.45) is 0 Å². The molecule has 9 nitrogen and oxygen atoms in total. The van der Waals surface area contributed by atoms with Gasteiger partial charge in [-0.1, -0.05) is 0 Å². The van der Waals surface area contributed by atoms with Crippen LogP contribution in [-0.4, -0.2) is 68.8 Å². The van der Waals surface area contributed by atoms with E-state index in [1.165, 1.54) is 36.1 Å². The van der Waals surface area contributed by atoms with Gasteiger partial charge in [-0.15, -0.1) is 5.10 Å². The van der Waals surface area contributed by atoms with E-state index in [0.717, 1.165) is 5.82 Å². The summed E-state index contributed by atoms with van der Waals surface area (Å²) in [6, 6.07) is 13.7. The fourth-order valence-electron chi connectivity index (χ4n) is 4.01. The van der Waals surface area contributed by atoms with Crippen LogP contribution in [0.15, 0.2) is 60.8 Å². The van der Waals surface area contributed by atoms with E-state index in [1.807, 2.05) is 0 Å². The largest absolute Gasteiger partial charge is 0.467 e. The van der Waals surface area contributed by atoms with Crippen LogP contribution in [0.5, 0.6) is 6.01 Å². The van der Waals surface area contributed by atoms with Gasteiger partial charge in [-0.2, -0.15) is 4.98 Å². The number of nitrogens with zero attached hydrogens (tertiary/aromatic N) is 7. The minimum Gasteiger partial charge on any atom is -0.467 e. The van der Waals surface area contributed by atoms with Crippen LogP contribution in [0, 0.1) is 11.6 Å². The average Bonchev–Trinajstić information content (AvgIpc) is 3.33. The van der Waals surface area contributed by atoms with Crippen LogP contribution in [0.1, 0.15) is 0 Å². The lowest BCUT2D eigenvalue weighted by Gasteiger charge is -2.35. The molecule has 1 amide bonds. The molecule has 0 saturated carbocycles. The molecule has 0 N–H and O–H groups in total. The number of methoxy groups -OCH3 is 1. The third kappa shape index (κ3) is 4.99. The Balaban J connectivity index is 1.34. The fraction of sp³-hybridized carbons (Fsp3) is 0.240. The number of hydrogen-bond donors (Lipinski definition) is 0. The molecular weight excluding hydrogens is 468 g/mol. The van der Waals surface area contributed by atoms with Gasteiger partial charge in [-0.25, -0.2) is 23.4 Å². The summed E-state index contributed by atoms with van der Waals surface area (Å²) >= 11 is 0. The Hall–Kier alpha value is -4.41. The minimum atomic E-state index is -0.376. The van der Waals surface area contributed by atoms with Crippen LogP contribution >= 0.6 is 0 Å². The highest BCUT2D eigenvalue weighted by Crippen LogP contribution is 2.24. The molecule has 1 aliphatic heterocycles. The summed E-state index contributed by atoms with van der Waals surface area (Å²) in [5, 5.41) is 4.53. The second-order valence-electron chi connectivity index (χ2n) is 8.20. The predicted molar refractivity (Wildman–Crippen MR) is 128 cm³/mol. The lowest BCUT2D eigenvalue weighted by molar-refractivity contribution is -0.132. The Labute approximate surface area is 206 Å². The number of ether oxygens (including phenoxy) is 1. The van der Waals surface area contributed by atoms with Crippen LogP contribution in [-0.2, 0) is 11.3 Å². The van der Waals surface area contributed by atoms with Gasteiger partial charge in [-0.3, -0.25) is 4.79 Å². The molecule has 0 unspecified atom stereocenters. The maximum atomic E-state index is 13.5. The summed E-state index contributed by atoms with van der Waals surface area (Å²) < 4.78 is 33.5. The Kier molecular flexibility index (Phi) is 6.52. The van der Waals surface area contributed by atoms with E-state index in [4.69, 9.17) is 4.74 Å². The number of halogens is 2. The first-order valence-corrected chi connectivity index (χ1v) is 11.4. The molecule has 3 heterocycles. The highest BCUT2D eigenvalue weighted by molar-refractivity contribution is 5.77. The van der Waals surface area contributed by atoms with Crippen molar-refractivity contribution in [3.8, 4) is 28.8 Å². The zero-order chi connectivity index (χ0) is 25.1. The van der Waals surface area contributed by atoms with Crippen LogP contribution in [0.2, 0.25) is 0 Å². The van der Waals surface area contributed by atoms with Crippen LogP contribution < -0.4 is 9.64 Å². The van der Waals surface area contributed by atoms with Gasteiger partial charge in [0, 0.05) is 43.5 Å². The summed E-state index contributed by atoms with van der Waals surface area (Å²) in [4.78, 5) is 30.0. The third-order valence-electron chi connectivity index (χ3n) is 5.92. The number of hydrogen-bond acceptors (Lipinski definition) is 7. The molecule has 0 aliphatic carbocycles. The quantitative estimate of drug-likeness (QED) is 0.410. The van der Waals surface area contributed by atoms with E-state index in [9.17, 15) is 13.6 Å². The summed E-state index contributed by atoms with van der Waals surface area (Å²) in [6.07, 6.45) is 1.64. The van der Waals surface area contributed by atoms with Crippen molar-refractivity contribution in [1.82, 2.24) is 29.6 Å². The number of amides is 1. The predicted octanol–water partition coefficient (Wildman–Crippen LogP) is 3.04. The fourth-order valence-corrected chi connectivity index (χ4v) is 4.01. The second kappa shape index (κ2) is 10.1. The van der Waals surface area contributed by atoms with Crippen LogP contribution in [0.25, 0.3) is 22.8 Å². The van der Waals surface area contributed by atoms with E-state index in [1.54, 1.807) is 41.4 Å². The number of rotatable bonds is 6. The highest BCUT2D eigenvalue weighted by atomic mass is 19.1. The monoisotopic (exact) mass is 491 g/mol. The first kappa shape index (κ1) is 23.3. The molecule has 2 aromatic heterocycles. The van der Waals surface area contributed by atoms with Crippen molar-refractivity contribution < 1.29 is 18.3 Å². The number of anilines is 1. The third-order valence-corrected chi connectivity index (χ3v) is 5.92. The van der Waals surface area contributed by atoms with Gasteiger partial charge in [0.05, 0.1) is 7.11 Å². The zero-order valence-corrected chi connectivity index (χ0v) is 19.5. The molecule has 1 aliphatic rings. The summed E-state index contributed by atoms with van der Waals surface area (Å²) in [5.41, 5.74) is 1.23. The molecule has 11 heteroatoms. The van der Waals surface area contributed by atoms with E-state index < -0.39 is 0 Å². The highest BCUT2D eigenvalue weighted by Gasteiger charge is 2.24. The van der Waals surface area contributed by atoms with Gasteiger partial charge >= 0.3 is 6.01 Å². The molecule has 0 bridgehead atoms. The molecule has 2 aromatic carbocycles. The molecule has 0 spiro atoms. The standard InChI is InChI=1S/C25H23F2N7O2/c1-36-25-28-11-10-21(29-25)32-12-14-33(15-13-32)22(35)16-34-24(18-4-8-20(27)9-5-18)30-23(31-34)17-2-6-19(26)7-3-17/h2-11H,12-16H2,1H3. The van der Waals surface area contributed by atoms with Gasteiger partial charge in [0.1, 0.15) is 24.0 Å². The molecular formula is C25H23F2N7O2. The first-order chi connectivity index (χ1) is 17.5. The van der Waals surface area contributed by atoms with Gasteiger partial charge < -0.3 is 14.5 Å². The molecule has 184 valence electrons. The lowest BCUT2D eigenvalue weighted by Crippen LogP contribution is -2.50. The summed E-state index contributed by atoms with van der Waals surface area (Å²) in [6.45, 7) is 2.19. The zero-order valence-electron chi connectivity index (χ0n) is 19.5. The molecule has 0 radical (unpaired) electrons. The topological polar surface area (TPSA) is 89.3 Å². The summed E-state index contributed by atoms with van der Waals surface area (Å²) in [5.74, 6) is 0.658. The molecule has 0 atom stereocenters. The van der Waals surface area contributed by atoms with Crippen molar-refractivity contribution in [3.05, 3.63) is 72.4 Å². The maximum Gasteiger partial charge on any atom is 0.318 e. The maximum absolute atomic E-state index is 13.5. The molecule has 4 aromatic rings. The van der Waals surface area contributed by atoms with Gasteiger partial charge in [0.2, 0.25) is 5.91 Å². The van der Waals surface area contributed by atoms with Gasteiger partial charge in [-0.05, 0) is 54.6 Å². The number of benzene rings is 2. The molecule has 1 saturated heterocycles. The summed E-state index contributed by atoms with van der Waals surface area (Å²) in [7, 11) is 1.52. The average molecular weight is 492 g/mol. The number of piperazine rings is 1.